The first-order valence-corrected chi connectivity index (χ1v) is 9.61. The molecule has 1 aliphatic heterocycles. The zero-order valence-corrected chi connectivity index (χ0v) is 15.7. The summed E-state index contributed by atoms with van der Waals surface area (Å²) in [5, 5.41) is 9.21. The van der Waals surface area contributed by atoms with Gasteiger partial charge >= 0.3 is 0 Å². The summed E-state index contributed by atoms with van der Waals surface area (Å²) in [6.45, 7) is 1.47. The van der Waals surface area contributed by atoms with Crippen LogP contribution in [0.3, 0.4) is 0 Å². The van der Waals surface area contributed by atoms with Crippen LogP contribution in [0.25, 0.3) is 11.3 Å². The van der Waals surface area contributed by atoms with Crippen molar-refractivity contribution in [1.82, 2.24) is 14.9 Å². The van der Waals surface area contributed by atoms with E-state index in [4.69, 9.17) is 4.98 Å². The van der Waals surface area contributed by atoms with Gasteiger partial charge in [-0.25, -0.2) is 4.98 Å². The van der Waals surface area contributed by atoms with Gasteiger partial charge in [0.1, 0.15) is 0 Å². The van der Waals surface area contributed by atoms with E-state index in [0.717, 1.165) is 47.5 Å². The van der Waals surface area contributed by atoms with Crippen LogP contribution < -0.4 is 0 Å². The Balaban J connectivity index is 1.53. The van der Waals surface area contributed by atoms with Crippen LogP contribution in [0, 0.1) is 0 Å². The summed E-state index contributed by atoms with van der Waals surface area (Å²) >= 11 is 0. The lowest BCUT2D eigenvalue weighted by molar-refractivity contribution is 0.0706. The molecule has 1 N–H and O–H groups in total. The molecule has 3 aromatic rings. The molecule has 1 fully saturated rings. The van der Waals surface area contributed by atoms with E-state index in [1.807, 2.05) is 65.7 Å². The summed E-state index contributed by atoms with van der Waals surface area (Å²) in [5.41, 5.74) is 4.31. The van der Waals surface area contributed by atoms with Crippen LogP contribution in [-0.4, -0.2) is 39.0 Å². The van der Waals surface area contributed by atoms with Crippen molar-refractivity contribution in [1.29, 1.82) is 0 Å². The van der Waals surface area contributed by atoms with E-state index in [1.54, 1.807) is 6.20 Å². The van der Waals surface area contributed by atoms with E-state index < -0.39 is 0 Å². The van der Waals surface area contributed by atoms with Gasteiger partial charge in [-0.3, -0.25) is 9.78 Å². The number of hydrogen-bond acceptors (Lipinski definition) is 4. The van der Waals surface area contributed by atoms with Crippen molar-refractivity contribution in [2.24, 2.45) is 0 Å². The van der Waals surface area contributed by atoms with Crippen LogP contribution in [0.5, 0.6) is 0 Å². The molecule has 1 aromatic heterocycles. The van der Waals surface area contributed by atoms with Crippen molar-refractivity contribution < 1.29 is 9.90 Å². The molecule has 1 aliphatic rings. The number of likely N-dealkylation sites (tertiary alicyclic amines) is 1. The number of carbonyl (C=O) groups is 1. The molecule has 0 bridgehead atoms. The molecule has 0 radical (unpaired) electrons. The summed E-state index contributed by atoms with van der Waals surface area (Å²) in [6.07, 6.45) is 5.53. The fourth-order valence-corrected chi connectivity index (χ4v) is 3.66. The number of aliphatic hydroxyl groups excluding tert-OH is 1. The highest BCUT2D eigenvalue weighted by Crippen LogP contribution is 2.28. The highest BCUT2D eigenvalue weighted by Gasteiger charge is 2.26. The Morgan fingerprint density at radius 2 is 1.86 bits per heavy atom. The number of hydrogen-bond donors (Lipinski definition) is 1. The van der Waals surface area contributed by atoms with Crippen LogP contribution in [0.1, 0.15) is 40.4 Å². The molecule has 2 heterocycles. The van der Waals surface area contributed by atoms with E-state index >= 15 is 0 Å². The molecule has 0 spiro atoms. The molecule has 1 amide bonds. The summed E-state index contributed by atoms with van der Waals surface area (Å²) in [4.78, 5) is 23.9. The first-order chi connectivity index (χ1) is 13.7. The number of aliphatic hydroxyl groups is 1. The Kier molecular flexibility index (Phi) is 5.44. The average Bonchev–Trinajstić information content (AvgIpc) is 2.79. The SMILES string of the molecule is O=C(c1ccccc1)N1CCC[C@@H](c2cncc(-c3ccc(CO)cc3)n2)C1. The lowest BCUT2D eigenvalue weighted by atomic mass is 9.94. The van der Waals surface area contributed by atoms with Crippen molar-refractivity contribution in [3.8, 4) is 11.3 Å². The Labute approximate surface area is 164 Å². The fraction of sp³-hybridized carbons (Fsp3) is 0.261. The molecular weight excluding hydrogens is 350 g/mol. The van der Waals surface area contributed by atoms with Crippen LogP contribution in [0.15, 0.2) is 67.0 Å². The van der Waals surface area contributed by atoms with E-state index in [-0.39, 0.29) is 18.4 Å². The van der Waals surface area contributed by atoms with Gasteiger partial charge in [-0.1, -0.05) is 42.5 Å². The van der Waals surface area contributed by atoms with Gasteiger partial charge in [0.15, 0.2) is 0 Å². The summed E-state index contributed by atoms with van der Waals surface area (Å²) in [7, 11) is 0. The number of aromatic nitrogens is 2. The maximum absolute atomic E-state index is 12.8. The second kappa shape index (κ2) is 8.31. The van der Waals surface area contributed by atoms with Crippen LogP contribution in [0.2, 0.25) is 0 Å². The first kappa shape index (κ1) is 18.3. The number of piperidine rings is 1. The third-order valence-corrected chi connectivity index (χ3v) is 5.23. The summed E-state index contributed by atoms with van der Waals surface area (Å²) < 4.78 is 0. The Bertz CT molecular complexity index is 942. The zero-order chi connectivity index (χ0) is 19.3. The van der Waals surface area contributed by atoms with Gasteiger partial charge in [-0.05, 0) is 30.5 Å². The van der Waals surface area contributed by atoms with E-state index in [9.17, 15) is 9.90 Å². The largest absolute Gasteiger partial charge is 0.392 e. The predicted molar refractivity (Wildman–Crippen MR) is 108 cm³/mol. The molecular formula is C23H23N3O2. The van der Waals surface area contributed by atoms with Gasteiger partial charge in [-0.2, -0.15) is 0 Å². The third kappa shape index (κ3) is 3.94. The smallest absolute Gasteiger partial charge is 0.253 e. The van der Waals surface area contributed by atoms with E-state index in [0.29, 0.717) is 6.54 Å². The van der Waals surface area contributed by atoms with Crippen molar-refractivity contribution in [2.45, 2.75) is 25.4 Å². The van der Waals surface area contributed by atoms with Crippen molar-refractivity contribution in [3.63, 3.8) is 0 Å². The second-order valence-electron chi connectivity index (χ2n) is 7.14. The average molecular weight is 373 g/mol. The molecule has 28 heavy (non-hydrogen) atoms. The lowest BCUT2D eigenvalue weighted by Gasteiger charge is -2.32. The molecule has 1 saturated heterocycles. The molecule has 4 rings (SSSR count). The highest BCUT2D eigenvalue weighted by atomic mass is 16.3. The molecule has 5 heteroatoms. The standard InChI is InChI=1S/C23H23N3O2/c27-16-17-8-10-18(11-9-17)21-13-24-14-22(25-21)20-7-4-12-26(15-20)23(28)19-5-2-1-3-6-19/h1-3,5-6,8-11,13-14,20,27H,4,7,12,15-16H2/t20-/m1/s1. The predicted octanol–water partition coefficient (Wildman–Crippen LogP) is 3.66. The van der Waals surface area contributed by atoms with Gasteiger partial charge < -0.3 is 10.0 Å². The molecule has 0 aliphatic carbocycles. The minimum absolute atomic E-state index is 0.0271. The van der Waals surface area contributed by atoms with Crippen LogP contribution in [-0.2, 0) is 6.61 Å². The Hall–Kier alpha value is -3.05. The number of rotatable bonds is 4. The minimum atomic E-state index is 0.0271. The number of carbonyl (C=O) groups excluding carboxylic acids is 1. The second-order valence-corrected chi connectivity index (χ2v) is 7.14. The summed E-state index contributed by atoms with van der Waals surface area (Å²) in [6, 6.07) is 17.1. The van der Waals surface area contributed by atoms with Gasteiger partial charge in [0.2, 0.25) is 0 Å². The maximum Gasteiger partial charge on any atom is 0.253 e. The normalized spacial score (nSPS) is 16.8. The number of benzene rings is 2. The molecule has 0 saturated carbocycles. The fourth-order valence-electron chi connectivity index (χ4n) is 3.66. The number of nitrogens with zero attached hydrogens (tertiary/aromatic N) is 3. The van der Waals surface area contributed by atoms with Crippen LogP contribution >= 0.6 is 0 Å². The van der Waals surface area contributed by atoms with E-state index in [1.165, 1.54) is 0 Å². The molecule has 0 unspecified atom stereocenters. The quantitative estimate of drug-likeness (QED) is 0.758. The van der Waals surface area contributed by atoms with Crippen molar-refractivity contribution in [3.05, 3.63) is 83.8 Å². The topological polar surface area (TPSA) is 66.3 Å². The van der Waals surface area contributed by atoms with Gasteiger partial charge in [-0.15, -0.1) is 0 Å². The zero-order valence-electron chi connectivity index (χ0n) is 15.7. The van der Waals surface area contributed by atoms with Gasteiger partial charge in [0.25, 0.3) is 5.91 Å². The maximum atomic E-state index is 12.8. The molecule has 5 nitrogen and oxygen atoms in total. The first-order valence-electron chi connectivity index (χ1n) is 9.61. The Morgan fingerprint density at radius 1 is 1.07 bits per heavy atom. The van der Waals surface area contributed by atoms with Crippen LogP contribution in [0.4, 0.5) is 0 Å². The highest BCUT2D eigenvalue weighted by molar-refractivity contribution is 5.94. The third-order valence-electron chi connectivity index (χ3n) is 5.23. The molecule has 142 valence electrons. The van der Waals surface area contributed by atoms with Gasteiger partial charge in [0.05, 0.1) is 24.2 Å². The minimum Gasteiger partial charge on any atom is -0.392 e. The molecule has 2 aromatic carbocycles. The summed E-state index contributed by atoms with van der Waals surface area (Å²) in [5.74, 6) is 0.264. The van der Waals surface area contributed by atoms with Gasteiger partial charge in [0, 0.05) is 36.3 Å². The lowest BCUT2D eigenvalue weighted by Crippen LogP contribution is -2.39. The number of amides is 1. The monoisotopic (exact) mass is 373 g/mol. The van der Waals surface area contributed by atoms with E-state index in [2.05, 4.69) is 4.98 Å². The van der Waals surface area contributed by atoms with Crippen molar-refractivity contribution in [2.75, 3.05) is 13.1 Å². The van der Waals surface area contributed by atoms with Crippen molar-refractivity contribution >= 4 is 5.91 Å². The molecule has 1 atom stereocenters. The Morgan fingerprint density at radius 3 is 2.61 bits per heavy atom.